The SMILES string of the molecule is COc1ccc(C(CC(=O)NCC[N+](C)(C)CCNC(=O)c2nc(Cl)c(N)nc2N)c2ccccc2)cc1S(=O)(=O)N=C(N)N. The number of nitrogens with one attached hydrogen (secondary N) is 2. The molecule has 17 heteroatoms. The number of likely N-dealkylation sites (N-methyl/N-ethyl adjacent to an activating group) is 1. The number of quaternary nitrogens is 1. The number of anilines is 2. The normalized spacial score (nSPS) is 12.2. The van der Waals surface area contributed by atoms with Gasteiger partial charge in [-0.3, -0.25) is 9.59 Å². The van der Waals surface area contributed by atoms with Gasteiger partial charge in [-0.05, 0) is 23.3 Å². The number of sulfonamides is 1. The molecule has 0 spiro atoms. The minimum absolute atomic E-state index is 0.0359. The van der Waals surface area contributed by atoms with E-state index in [1.807, 2.05) is 44.4 Å². The maximum Gasteiger partial charge on any atom is 0.289 e. The highest BCUT2D eigenvalue weighted by atomic mass is 35.5. The molecule has 0 saturated carbocycles. The minimum Gasteiger partial charge on any atom is -0.495 e. The van der Waals surface area contributed by atoms with Gasteiger partial charge in [0.1, 0.15) is 10.6 Å². The summed E-state index contributed by atoms with van der Waals surface area (Å²) in [4.78, 5) is 33.1. The van der Waals surface area contributed by atoms with Crippen LogP contribution in [-0.2, 0) is 14.8 Å². The van der Waals surface area contributed by atoms with Gasteiger partial charge in [0.15, 0.2) is 22.5 Å². The number of ether oxygens (including phenoxy) is 1. The maximum absolute atomic E-state index is 13.2. The zero-order valence-corrected chi connectivity index (χ0v) is 26.7. The summed E-state index contributed by atoms with van der Waals surface area (Å²) in [5.41, 5.74) is 23.2. The topological polar surface area (TPSA) is 244 Å². The van der Waals surface area contributed by atoms with Gasteiger partial charge in [-0.15, -0.1) is 4.40 Å². The predicted molar refractivity (Wildman–Crippen MR) is 172 cm³/mol. The number of halogens is 1. The van der Waals surface area contributed by atoms with Crippen molar-refractivity contribution in [1.82, 2.24) is 20.6 Å². The molecule has 0 aliphatic carbocycles. The Labute approximate surface area is 266 Å². The van der Waals surface area contributed by atoms with E-state index in [1.54, 1.807) is 6.07 Å². The Kier molecular flexibility index (Phi) is 11.5. The first-order valence-corrected chi connectivity index (χ1v) is 15.5. The van der Waals surface area contributed by atoms with Crippen molar-refractivity contribution < 1.29 is 27.2 Å². The molecular weight excluding hydrogens is 624 g/mol. The Bertz CT molecular complexity index is 1670. The largest absolute Gasteiger partial charge is 0.495 e. The van der Waals surface area contributed by atoms with Crippen LogP contribution in [0.1, 0.15) is 34.0 Å². The molecule has 10 N–H and O–H groups in total. The number of guanidine groups is 1. The monoisotopic (exact) mass is 661 g/mol. The van der Waals surface area contributed by atoms with Crippen molar-refractivity contribution in [3.63, 3.8) is 0 Å². The number of hydrogen-bond acceptors (Lipinski definition) is 9. The molecule has 0 aliphatic rings. The third kappa shape index (κ3) is 9.66. The first kappa shape index (κ1) is 34.8. The summed E-state index contributed by atoms with van der Waals surface area (Å²) in [5, 5.41) is 5.57. The maximum atomic E-state index is 13.2. The van der Waals surface area contributed by atoms with E-state index in [9.17, 15) is 18.0 Å². The lowest BCUT2D eigenvalue weighted by Crippen LogP contribution is -2.49. The van der Waals surface area contributed by atoms with Crippen LogP contribution in [0.15, 0.2) is 57.8 Å². The van der Waals surface area contributed by atoms with Crippen LogP contribution in [0.3, 0.4) is 0 Å². The molecule has 242 valence electrons. The van der Waals surface area contributed by atoms with E-state index >= 15 is 0 Å². The number of rotatable bonds is 14. The van der Waals surface area contributed by atoms with Crippen LogP contribution in [0.5, 0.6) is 5.75 Å². The van der Waals surface area contributed by atoms with Gasteiger partial charge in [-0.2, -0.15) is 8.42 Å². The molecule has 45 heavy (non-hydrogen) atoms. The van der Waals surface area contributed by atoms with E-state index in [1.165, 1.54) is 19.2 Å². The number of nitrogens with two attached hydrogens (primary N) is 4. The number of methoxy groups -OCH3 is 1. The average molecular weight is 662 g/mol. The quantitative estimate of drug-likeness (QED) is 0.0784. The number of hydrogen-bond donors (Lipinski definition) is 6. The van der Waals surface area contributed by atoms with Gasteiger partial charge in [0, 0.05) is 12.3 Å². The summed E-state index contributed by atoms with van der Waals surface area (Å²) in [7, 11) is 0.967. The number of carbonyl (C=O) groups is 2. The number of benzene rings is 2. The Morgan fingerprint density at radius 2 is 1.62 bits per heavy atom. The molecular formula is C28H38ClN10O5S+. The molecule has 0 bridgehead atoms. The average Bonchev–Trinajstić information content (AvgIpc) is 2.97. The Balaban J connectivity index is 1.66. The van der Waals surface area contributed by atoms with Gasteiger partial charge in [0.05, 0.1) is 47.4 Å². The summed E-state index contributed by atoms with van der Waals surface area (Å²) in [6.07, 6.45) is 0.0359. The highest BCUT2D eigenvalue weighted by Gasteiger charge is 2.25. The van der Waals surface area contributed by atoms with Crippen molar-refractivity contribution in [3.05, 3.63) is 70.5 Å². The van der Waals surface area contributed by atoms with E-state index in [4.69, 9.17) is 39.3 Å². The van der Waals surface area contributed by atoms with Crippen LogP contribution >= 0.6 is 11.6 Å². The molecule has 1 heterocycles. The molecule has 0 aliphatic heterocycles. The van der Waals surface area contributed by atoms with Gasteiger partial charge >= 0.3 is 0 Å². The van der Waals surface area contributed by atoms with Crippen LogP contribution in [0.4, 0.5) is 11.6 Å². The minimum atomic E-state index is -4.27. The van der Waals surface area contributed by atoms with E-state index in [-0.39, 0.29) is 45.5 Å². The van der Waals surface area contributed by atoms with Crippen LogP contribution in [0.25, 0.3) is 0 Å². The zero-order valence-electron chi connectivity index (χ0n) is 25.2. The van der Waals surface area contributed by atoms with Gasteiger partial charge in [0.25, 0.3) is 15.9 Å². The van der Waals surface area contributed by atoms with Crippen molar-refractivity contribution in [3.8, 4) is 5.75 Å². The smallest absolute Gasteiger partial charge is 0.289 e. The lowest BCUT2D eigenvalue weighted by atomic mass is 9.88. The van der Waals surface area contributed by atoms with Gasteiger partial charge in [-0.1, -0.05) is 48.0 Å². The van der Waals surface area contributed by atoms with Gasteiger partial charge in [-0.25, -0.2) is 9.97 Å². The molecule has 0 fully saturated rings. The van der Waals surface area contributed by atoms with Crippen molar-refractivity contribution in [2.45, 2.75) is 17.2 Å². The summed E-state index contributed by atoms with van der Waals surface area (Å²) in [6.45, 7) is 1.72. The number of carbonyl (C=O) groups excluding carboxylic acids is 2. The summed E-state index contributed by atoms with van der Waals surface area (Å²) >= 11 is 5.86. The highest BCUT2D eigenvalue weighted by molar-refractivity contribution is 7.90. The second-order valence-electron chi connectivity index (χ2n) is 10.7. The predicted octanol–water partition coefficient (Wildman–Crippen LogP) is 0.410. The number of nitrogens with zero attached hydrogens (tertiary/aromatic N) is 4. The Hall–Kier alpha value is -4.67. The van der Waals surface area contributed by atoms with Crippen molar-refractivity contribution >= 4 is 51.0 Å². The second-order valence-corrected chi connectivity index (χ2v) is 12.6. The summed E-state index contributed by atoms with van der Waals surface area (Å²) < 4.78 is 34.8. The second kappa shape index (κ2) is 14.9. The van der Waals surface area contributed by atoms with Crippen LogP contribution in [0.2, 0.25) is 5.15 Å². The molecule has 1 atom stereocenters. The standard InChI is InChI=1S/C28H37ClN10O5S/c1-39(2,14-12-35-27(41)23-25(30)37-26(31)24(29)36-23)13-11-34-22(40)16-19(17-7-5-4-6-8-17)18-9-10-20(44-3)21(15-18)45(42,43)38-28(32)33/h4-10,15,19H,11-14,16H2,1-3H3,(H9-,30,31,32,33,34,35,37,38,40,41)/p+1. The molecule has 1 aromatic heterocycles. The molecule has 2 aromatic carbocycles. The molecule has 3 rings (SSSR count). The van der Waals surface area contributed by atoms with Crippen LogP contribution in [-0.4, -0.2) is 88.0 Å². The fraction of sp³-hybridized carbons (Fsp3) is 0.321. The first-order chi connectivity index (χ1) is 21.1. The molecule has 0 radical (unpaired) electrons. The van der Waals surface area contributed by atoms with Gasteiger partial charge in [0.2, 0.25) is 11.9 Å². The van der Waals surface area contributed by atoms with Crippen molar-refractivity contribution in [2.24, 2.45) is 15.9 Å². The molecule has 1 unspecified atom stereocenters. The molecule has 2 amide bonds. The highest BCUT2D eigenvalue weighted by Crippen LogP contribution is 2.34. The summed E-state index contributed by atoms with van der Waals surface area (Å²) in [5.74, 6) is -2.00. The number of nitrogen functional groups attached to an aromatic ring is 2. The molecule has 15 nitrogen and oxygen atoms in total. The summed E-state index contributed by atoms with van der Waals surface area (Å²) in [6, 6.07) is 13.8. The fourth-order valence-corrected chi connectivity index (χ4v) is 5.64. The number of amides is 2. The zero-order chi connectivity index (χ0) is 33.4. The molecule has 3 aromatic rings. The van der Waals surface area contributed by atoms with Crippen LogP contribution in [0, 0.1) is 0 Å². The Morgan fingerprint density at radius 1 is 0.978 bits per heavy atom. The van der Waals surface area contributed by atoms with E-state index in [0.717, 1.165) is 5.56 Å². The van der Waals surface area contributed by atoms with E-state index in [2.05, 4.69) is 25.0 Å². The van der Waals surface area contributed by atoms with E-state index in [0.29, 0.717) is 36.2 Å². The lowest BCUT2D eigenvalue weighted by molar-refractivity contribution is -0.887. The molecule has 0 saturated heterocycles. The van der Waals surface area contributed by atoms with Crippen LogP contribution < -0.4 is 38.3 Å². The van der Waals surface area contributed by atoms with Crippen molar-refractivity contribution in [1.29, 1.82) is 0 Å². The van der Waals surface area contributed by atoms with Gasteiger partial charge < -0.3 is 42.8 Å². The number of aromatic nitrogens is 2. The fourth-order valence-electron chi connectivity index (χ4n) is 4.44. The Morgan fingerprint density at radius 3 is 2.24 bits per heavy atom. The lowest BCUT2D eigenvalue weighted by Gasteiger charge is -2.30. The first-order valence-electron chi connectivity index (χ1n) is 13.7. The third-order valence-electron chi connectivity index (χ3n) is 6.85. The van der Waals surface area contributed by atoms with E-state index < -0.39 is 27.8 Å². The third-order valence-corrected chi connectivity index (χ3v) is 8.45. The van der Waals surface area contributed by atoms with Crippen molar-refractivity contribution in [2.75, 3.05) is 58.9 Å².